The van der Waals surface area contributed by atoms with Crippen LogP contribution in [0.2, 0.25) is 0 Å². The topological polar surface area (TPSA) is 127 Å². The van der Waals surface area contributed by atoms with Crippen molar-refractivity contribution >= 4 is 23.3 Å². The average molecular weight is 314 g/mol. The minimum Gasteiger partial charge on any atom is -0.351 e. The molecular formula is C15H14N4O4. The molecule has 118 valence electrons. The number of nitrogens with one attached hydrogen (secondary N) is 2. The molecule has 23 heavy (non-hydrogen) atoms. The fourth-order valence-electron chi connectivity index (χ4n) is 1.95. The molecule has 0 aromatic heterocycles. The lowest BCUT2D eigenvalue weighted by Crippen LogP contribution is -2.23. The molecule has 4 N–H and O–H groups in total. The van der Waals surface area contributed by atoms with Gasteiger partial charge in [0.2, 0.25) is 0 Å². The van der Waals surface area contributed by atoms with Crippen LogP contribution in [-0.2, 0) is 6.54 Å². The third-order valence-corrected chi connectivity index (χ3v) is 3.02. The van der Waals surface area contributed by atoms with Gasteiger partial charge in [0.05, 0.1) is 4.92 Å². The third kappa shape index (κ3) is 4.27. The number of rotatable bonds is 5. The number of benzene rings is 2. The molecule has 8 nitrogen and oxygen atoms in total. The second-order valence-corrected chi connectivity index (χ2v) is 4.64. The summed E-state index contributed by atoms with van der Waals surface area (Å²) in [6, 6.07) is 11.7. The molecule has 0 fully saturated rings. The highest BCUT2D eigenvalue weighted by atomic mass is 16.6. The van der Waals surface area contributed by atoms with Gasteiger partial charge in [0, 0.05) is 18.3 Å². The number of hydrogen-bond donors (Lipinski definition) is 3. The largest absolute Gasteiger partial charge is 0.351 e. The van der Waals surface area contributed by atoms with E-state index in [1.165, 1.54) is 18.2 Å². The zero-order valence-corrected chi connectivity index (χ0v) is 12.0. The van der Waals surface area contributed by atoms with Crippen LogP contribution >= 0.6 is 0 Å². The fourth-order valence-corrected chi connectivity index (χ4v) is 1.95. The van der Waals surface area contributed by atoms with Crippen LogP contribution in [0.1, 0.15) is 15.9 Å². The first-order chi connectivity index (χ1) is 11.0. The Morgan fingerprint density at radius 2 is 1.74 bits per heavy atom. The number of nitro benzene ring substituents is 1. The zero-order valence-electron chi connectivity index (χ0n) is 12.0. The van der Waals surface area contributed by atoms with E-state index in [1.807, 2.05) is 0 Å². The van der Waals surface area contributed by atoms with Gasteiger partial charge in [-0.25, -0.2) is 4.79 Å². The highest BCUT2D eigenvalue weighted by Crippen LogP contribution is 2.17. The van der Waals surface area contributed by atoms with Crippen molar-refractivity contribution in [1.29, 1.82) is 0 Å². The second-order valence-electron chi connectivity index (χ2n) is 4.64. The first-order valence-corrected chi connectivity index (χ1v) is 6.64. The van der Waals surface area contributed by atoms with Crippen LogP contribution in [0.3, 0.4) is 0 Å². The SMILES string of the molecule is NC(=O)Nc1ccc(CNC(=O)c2ccccc2[N+](=O)[O-])cc1. The van der Waals surface area contributed by atoms with E-state index >= 15 is 0 Å². The van der Waals surface area contributed by atoms with Crippen molar-refractivity contribution in [1.82, 2.24) is 5.32 Å². The Kier molecular flexibility index (Phi) is 4.88. The van der Waals surface area contributed by atoms with Crippen molar-refractivity contribution in [3.8, 4) is 0 Å². The lowest BCUT2D eigenvalue weighted by Gasteiger charge is -2.07. The monoisotopic (exact) mass is 314 g/mol. The molecule has 0 unspecified atom stereocenters. The van der Waals surface area contributed by atoms with Gasteiger partial charge in [0.1, 0.15) is 5.56 Å². The van der Waals surface area contributed by atoms with Gasteiger partial charge >= 0.3 is 6.03 Å². The van der Waals surface area contributed by atoms with Crippen LogP contribution in [-0.4, -0.2) is 16.9 Å². The maximum Gasteiger partial charge on any atom is 0.316 e. The lowest BCUT2D eigenvalue weighted by atomic mass is 10.1. The number of nitrogens with zero attached hydrogens (tertiary/aromatic N) is 1. The first kappa shape index (κ1) is 16.0. The number of amides is 3. The molecule has 3 amide bonds. The summed E-state index contributed by atoms with van der Waals surface area (Å²) in [5.74, 6) is -0.531. The third-order valence-electron chi connectivity index (χ3n) is 3.02. The zero-order chi connectivity index (χ0) is 16.8. The molecule has 2 aromatic carbocycles. The van der Waals surface area contributed by atoms with Gasteiger partial charge in [-0.2, -0.15) is 0 Å². The average Bonchev–Trinajstić information content (AvgIpc) is 2.53. The molecule has 0 aliphatic carbocycles. The summed E-state index contributed by atoms with van der Waals surface area (Å²) in [5.41, 5.74) is 6.07. The van der Waals surface area contributed by atoms with Crippen LogP contribution in [0.4, 0.5) is 16.2 Å². The summed E-state index contributed by atoms with van der Waals surface area (Å²) in [7, 11) is 0. The smallest absolute Gasteiger partial charge is 0.316 e. The van der Waals surface area contributed by atoms with E-state index in [9.17, 15) is 19.7 Å². The van der Waals surface area contributed by atoms with Gasteiger partial charge in [-0.15, -0.1) is 0 Å². The molecule has 0 atom stereocenters. The molecule has 0 aliphatic rings. The Hall–Kier alpha value is -3.42. The minimum absolute atomic E-state index is 0.00418. The minimum atomic E-state index is -0.664. The molecular weight excluding hydrogens is 300 g/mol. The maximum atomic E-state index is 12.1. The number of anilines is 1. The number of para-hydroxylation sites is 1. The van der Waals surface area contributed by atoms with Gasteiger partial charge in [-0.1, -0.05) is 24.3 Å². The molecule has 0 saturated heterocycles. The van der Waals surface area contributed by atoms with E-state index in [-0.39, 0.29) is 17.8 Å². The van der Waals surface area contributed by atoms with Crippen LogP contribution in [0.5, 0.6) is 0 Å². The molecule has 0 bridgehead atoms. The maximum absolute atomic E-state index is 12.1. The highest BCUT2D eigenvalue weighted by Gasteiger charge is 2.18. The number of carbonyl (C=O) groups is 2. The number of hydrogen-bond acceptors (Lipinski definition) is 4. The Morgan fingerprint density at radius 3 is 2.35 bits per heavy atom. The summed E-state index contributed by atoms with van der Waals surface area (Å²) >= 11 is 0. The van der Waals surface area contributed by atoms with Crippen molar-refractivity contribution < 1.29 is 14.5 Å². The molecule has 2 aromatic rings. The summed E-state index contributed by atoms with van der Waals surface area (Å²) in [6.45, 7) is 0.196. The first-order valence-electron chi connectivity index (χ1n) is 6.64. The number of primary amides is 1. The summed E-state index contributed by atoms with van der Waals surface area (Å²) in [6.07, 6.45) is 0. The van der Waals surface area contributed by atoms with E-state index in [1.54, 1.807) is 30.3 Å². The molecule has 8 heteroatoms. The molecule has 2 rings (SSSR count). The van der Waals surface area contributed by atoms with Crippen LogP contribution in [0, 0.1) is 10.1 Å². The summed E-state index contributed by atoms with van der Waals surface area (Å²) in [4.78, 5) is 33.1. The van der Waals surface area contributed by atoms with E-state index in [0.717, 1.165) is 5.56 Å². The van der Waals surface area contributed by atoms with Gasteiger partial charge in [-0.05, 0) is 23.8 Å². The fraction of sp³-hybridized carbons (Fsp3) is 0.0667. The Balaban J connectivity index is 2.02. The number of carbonyl (C=O) groups excluding carboxylic acids is 2. The molecule has 0 saturated carbocycles. The lowest BCUT2D eigenvalue weighted by molar-refractivity contribution is -0.385. The standard InChI is InChI=1S/C15H14N4O4/c16-15(21)18-11-7-5-10(6-8-11)9-17-14(20)12-3-1-2-4-13(12)19(22)23/h1-8H,9H2,(H,17,20)(H3,16,18,21). The van der Waals surface area contributed by atoms with E-state index in [4.69, 9.17) is 5.73 Å². The van der Waals surface area contributed by atoms with Crippen LogP contribution < -0.4 is 16.4 Å². The summed E-state index contributed by atoms with van der Waals surface area (Å²) < 4.78 is 0. The van der Waals surface area contributed by atoms with Gasteiger partial charge < -0.3 is 16.4 Å². The predicted molar refractivity (Wildman–Crippen MR) is 83.9 cm³/mol. The normalized spacial score (nSPS) is 9.91. The van der Waals surface area contributed by atoms with Crippen molar-refractivity contribution in [2.45, 2.75) is 6.54 Å². The highest BCUT2D eigenvalue weighted by molar-refractivity contribution is 5.98. The van der Waals surface area contributed by atoms with Crippen molar-refractivity contribution in [2.24, 2.45) is 5.73 Å². The Bertz CT molecular complexity index is 743. The molecule has 0 radical (unpaired) electrons. The van der Waals surface area contributed by atoms with E-state index in [2.05, 4.69) is 10.6 Å². The Morgan fingerprint density at radius 1 is 1.09 bits per heavy atom. The number of urea groups is 1. The van der Waals surface area contributed by atoms with Crippen molar-refractivity contribution in [2.75, 3.05) is 5.32 Å². The van der Waals surface area contributed by atoms with E-state index < -0.39 is 16.9 Å². The Labute approximate surface area is 131 Å². The quantitative estimate of drug-likeness (QED) is 0.576. The van der Waals surface area contributed by atoms with Crippen LogP contribution in [0.15, 0.2) is 48.5 Å². The molecule has 0 aliphatic heterocycles. The summed E-state index contributed by atoms with van der Waals surface area (Å²) in [5, 5.41) is 15.9. The molecule has 0 spiro atoms. The van der Waals surface area contributed by atoms with Gasteiger partial charge in [0.25, 0.3) is 11.6 Å². The molecule has 0 heterocycles. The number of nitro groups is 1. The number of nitrogens with two attached hydrogens (primary N) is 1. The van der Waals surface area contributed by atoms with Gasteiger partial charge in [-0.3, -0.25) is 14.9 Å². The van der Waals surface area contributed by atoms with Crippen molar-refractivity contribution in [3.05, 3.63) is 69.8 Å². The predicted octanol–water partition coefficient (Wildman–Crippen LogP) is 2.02. The van der Waals surface area contributed by atoms with Crippen molar-refractivity contribution in [3.63, 3.8) is 0 Å². The second kappa shape index (κ2) is 7.03. The van der Waals surface area contributed by atoms with E-state index in [0.29, 0.717) is 5.69 Å². The van der Waals surface area contributed by atoms with Crippen LogP contribution in [0.25, 0.3) is 0 Å². The van der Waals surface area contributed by atoms with Gasteiger partial charge in [0.15, 0.2) is 0 Å².